The minimum atomic E-state index is -3.23. The van der Waals surface area contributed by atoms with Crippen molar-refractivity contribution in [1.29, 1.82) is 0 Å². The Morgan fingerprint density at radius 2 is 2.24 bits per heavy atom. The minimum Gasteiger partial charge on any atom is -0.355 e. The number of aromatic nitrogens is 1. The topological polar surface area (TPSA) is 76.1 Å². The van der Waals surface area contributed by atoms with Crippen molar-refractivity contribution < 1.29 is 13.2 Å². The molecule has 5 nitrogen and oxygen atoms in total. The van der Waals surface area contributed by atoms with Crippen molar-refractivity contribution in [3.63, 3.8) is 0 Å². The molecule has 0 aliphatic rings. The minimum absolute atomic E-state index is 0.441. The number of nitrogens with one attached hydrogen (secondary N) is 1. The van der Waals surface area contributed by atoms with Gasteiger partial charge in [-0.15, -0.1) is 11.3 Å². The Labute approximate surface area is 105 Å². The fourth-order valence-electron chi connectivity index (χ4n) is 1.27. The molecule has 0 fully saturated rings. The molecule has 1 aromatic heterocycles. The predicted molar refractivity (Wildman–Crippen MR) is 67.9 cm³/mol. The van der Waals surface area contributed by atoms with Crippen molar-refractivity contribution in [2.75, 3.05) is 18.6 Å². The molecule has 0 atom stereocenters. The zero-order valence-electron chi connectivity index (χ0n) is 9.89. The van der Waals surface area contributed by atoms with Gasteiger partial charge in [0.05, 0.1) is 5.01 Å². The zero-order valence-corrected chi connectivity index (χ0v) is 11.5. The van der Waals surface area contributed by atoms with Gasteiger partial charge in [0.1, 0.15) is 5.75 Å². The van der Waals surface area contributed by atoms with E-state index in [0.29, 0.717) is 6.54 Å². The molecule has 17 heavy (non-hydrogen) atoms. The van der Waals surface area contributed by atoms with Gasteiger partial charge in [-0.25, -0.2) is 13.4 Å². The molecule has 1 N–H and O–H groups in total. The van der Waals surface area contributed by atoms with Crippen LogP contribution in [0.4, 0.5) is 0 Å². The largest absolute Gasteiger partial charge is 0.355 e. The molecule has 1 heterocycles. The number of hydrogen-bond acceptors (Lipinski definition) is 5. The molecule has 0 unspecified atom stereocenters. The summed E-state index contributed by atoms with van der Waals surface area (Å²) in [6.07, 6.45) is 2.62. The SMILES string of the molecule is Cc1csc(CCCNC(=O)CS(C)(=O)=O)n1. The van der Waals surface area contributed by atoms with Crippen LogP contribution >= 0.6 is 11.3 Å². The molecule has 1 amide bonds. The molecule has 1 rings (SSSR count). The average Bonchev–Trinajstić information content (AvgIpc) is 2.56. The van der Waals surface area contributed by atoms with Crippen LogP contribution in [0.25, 0.3) is 0 Å². The molecular formula is C10H16N2O3S2. The van der Waals surface area contributed by atoms with E-state index in [0.717, 1.165) is 29.8 Å². The summed E-state index contributed by atoms with van der Waals surface area (Å²) in [5, 5.41) is 5.60. The summed E-state index contributed by atoms with van der Waals surface area (Å²) in [6, 6.07) is 0. The van der Waals surface area contributed by atoms with Crippen molar-refractivity contribution in [3.05, 3.63) is 16.1 Å². The van der Waals surface area contributed by atoms with Gasteiger partial charge in [-0.3, -0.25) is 4.79 Å². The summed E-state index contributed by atoms with van der Waals surface area (Å²) in [7, 11) is -3.23. The molecule has 0 aliphatic heterocycles. The second-order valence-electron chi connectivity index (χ2n) is 3.91. The van der Waals surface area contributed by atoms with E-state index in [1.807, 2.05) is 12.3 Å². The summed E-state index contributed by atoms with van der Waals surface area (Å²) < 4.78 is 21.7. The fourth-order valence-corrected chi connectivity index (χ4v) is 2.67. The fraction of sp³-hybridized carbons (Fsp3) is 0.600. The van der Waals surface area contributed by atoms with Crippen LogP contribution in [-0.2, 0) is 21.1 Å². The summed E-state index contributed by atoms with van der Waals surface area (Å²) >= 11 is 1.60. The quantitative estimate of drug-likeness (QED) is 0.770. The molecule has 0 aromatic carbocycles. The maximum atomic E-state index is 11.2. The number of nitrogens with zero attached hydrogens (tertiary/aromatic N) is 1. The monoisotopic (exact) mass is 276 g/mol. The lowest BCUT2D eigenvalue weighted by atomic mass is 10.3. The van der Waals surface area contributed by atoms with Crippen LogP contribution in [-0.4, -0.2) is 37.9 Å². The molecule has 7 heteroatoms. The summed E-state index contributed by atoms with van der Waals surface area (Å²) in [5.41, 5.74) is 1.01. The lowest BCUT2D eigenvalue weighted by molar-refractivity contribution is -0.118. The first-order valence-corrected chi connectivity index (χ1v) is 8.16. The van der Waals surface area contributed by atoms with Gasteiger partial charge < -0.3 is 5.32 Å². The molecule has 1 aromatic rings. The van der Waals surface area contributed by atoms with Gasteiger partial charge in [-0.05, 0) is 13.3 Å². The number of sulfone groups is 1. The van der Waals surface area contributed by atoms with Crippen LogP contribution in [0.3, 0.4) is 0 Å². The Morgan fingerprint density at radius 1 is 1.53 bits per heavy atom. The summed E-state index contributed by atoms with van der Waals surface area (Å²) in [4.78, 5) is 15.5. The third-order valence-electron chi connectivity index (χ3n) is 1.95. The standard InChI is InChI=1S/C10H16N2O3S2/c1-8-6-16-10(12-8)4-3-5-11-9(13)7-17(2,14)15/h6H,3-5,7H2,1-2H3,(H,11,13). The molecule has 0 radical (unpaired) electrons. The smallest absolute Gasteiger partial charge is 0.235 e. The lowest BCUT2D eigenvalue weighted by Crippen LogP contribution is -2.30. The van der Waals surface area contributed by atoms with E-state index in [4.69, 9.17) is 0 Å². The van der Waals surface area contributed by atoms with Crippen molar-refractivity contribution >= 4 is 27.1 Å². The van der Waals surface area contributed by atoms with Gasteiger partial charge in [-0.1, -0.05) is 0 Å². The maximum Gasteiger partial charge on any atom is 0.235 e. The van der Waals surface area contributed by atoms with Crippen LogP contribution in [0.5, 0.6) is 0 Å². The molecule has 0 bridgehead atoms. The molecule has 0 saturated heterocycles. The van der Waals surface area contributed by atoms with Crippen LogP contribution in [0, 0.1) is 6.92 Å². The van der Waals surface area contributed by atoms with E-state index in [2.05, 4.69) is 10.3 Å². The highest BCUT2D eigenvalue weighted by Crippen LogP contribution is 2.10. The molecule has 0 aliphatic carbocycles. The number of amides is 1. The Balaban J connectivity index is 2.18. The normalized spacial score (nSPS) is 11.4. The molecule has 96 valence electrons. The van der Waals surface area contributed by atoms with E-state index in [1.165, 1.54) is 0 Å². The Kier molecular flexibility index (Phi) is 5.07. The first kappa shape index (κ1) is 14.1. The van der Waals surface area contributed by atoms with E-state index in [9.17, 15) is 13.2 Å². The zero-order chi connectivity index (χ0) is 12.9. The second-order valence-corrected chi connectivity index (χ2v) is 6.99. The third kappa shape index (κ3) is 6.38. The van der Waals surface area contributed by atoms with Crippen molar-refractivity contribution in [2.24, 2.45) is 0 Å². The number of aryl methyl sites for hydroxylation is 2. The van der Waals surface area contributed by atoms with Crippen LogP contribution in [0.1, 0.15) is 17.1 Å². The number of carbonyl (C=O) groups excluding carboxylic acids is 1. The first-order valence-electron chi connectivity index (χ1n) is 5.22. The maximum absolute atomic E-state index is 11.2. The second kappa shape index (κ2) is 6.11. The van der Waals surface area contributed by atoms with E-state index in [-0.39, 0.29) is 0 Å². The van der Waals surface area contributed by atoms with Crippen LogP contribution in [0.15, 0.2) is 5.38 Å². The first-order chi connectivity index (χ1) is 7.87. The highest BCUT2D eigenvalue weighted by molar-refractivity contribution is 7.91. The predicted octanol–water partition coefficient (Wildman–Crippen LogP) is 0.545. The van der Waals surface area contributed by atoms with E-state index >= 15 is 0 Å². The van der Waals surface area contributed by atoms with E-state index < -0.39 is 21.5 Å². The van der Waals surface area contributed by atoms with Gasteiger partial charge in [0, 0.05) is 30.3 Å². The van der Waals surface area contributed by atoms with Crippen LogP contribution in [0.2, 0.25) is 0 Å². The van der Waals surface area contributed by atoms with Crippen molar-refractivity contribution in [1.82, 2.24) is 10.3 Å². The highest BCUT2D eigenvalue weighted by atomic mass is 32.2. The van der Waals surface area contributed by atoms with Gasteiger partial charge in [0.25, 0.3) is 0 Å². The van der Waals surface area contributed by atoms with E-state index in [1.54, 1.807) is 11.3 Å². The number of rotatable bonds is 6. The van der Waals surface area contributed by atoms with Crippen LogP contribution < -0.4 is 5.32 Å². The molecule has 0 saturated carbocycles. The highest BCUT2D eigenvalue weighted by Gasteiger charge is 2.09. The number of thiazole rings is 1. The summed E-state index contributed by atoms with van der Waals surface area (Å²) in [6.45, 7) is 2.42. The van der Waals surface area contributed by atoms with Gasteiger partial charge in [0.15, 0.2) is 9.84 Å². The molecular weight excluding hydrogens is 260 g/mol. The van der Waals surface area contributed by atoms with Gasteiger partial charge >= 0.3 is 0 Å². The Bertz CT molecular complexity index is 479. The number of carbonyl (C=O) groups is 1. The third-order valence-corrected chi connectivity index (χ3v) is 3.76. The lowest BCUT2D eigenvalue weighted by Gasteiger charge is -2.02. The summed E-state index contributed by atoms with van der Waals surface area (Å²) in [5.74, 6) is -0.883. The van der Waals surface area contributed by atoms with Crippen molar-refractivity contribution in [3.8, 4) is 0 Å². The van der Waals surface area contributed by atoms with Gasteiger partial charge in [0.2, 0.25) is 5.91 Å². The van der Waals surface area contributed by atoms with Crippen molar-refractivity contribution in [2.45, 2.75) is 19.8 Å². The number of hydrogen-bond donors (Lipinski definition) is 1. The Morgan fingerprint density at radius 3 is 2.76 bits per heavy atom. The average molecular weight is 276 g/mol. The Hall–Kier alpha value is -0.950. The molecule has 0 spiro atoms. The van der Waals surface area contributed by atoms with Gasteiger partial charge in [-0.2, -0.15) is 0 Å².